The van der Waals surface area contributed by atoms with E-state index in [1.807, 2.05) is 0 Å². The predicted molar refractivity (Wildman–Crippen MR) is 132 cm³/mol. The number of ketones is 1. The highest BCUT2D eigenvalue weighted by molar-refractivity contribution is 6.24. The van der Waals surface area contributed by atoms with Crippen LogP contribution in [0.25, 0.3) is 0 Å². The summed E-state index contributed by atoms with van der Waals surface area (Å²) < 4.78 is 11.3. The van der Waals surface area contributed by atoms with E-state index in [0.717, 1.165) is 24.2 Å². The molecule has 2 heterocycles. The lowest BCUT2D eigenvalue weighted by atomic mass is 9.98. The summed E-state index contributed by atoms with van der Waals surface area (Å²) in [5.41, 5.74) is -1.79. The number of hydrogen-bond donors (Lipinski definition) is 1. The second-order valence-electron chi connectivity index (χ2n) is 9.92. The quantitative estimate of drug-likeness (QED) is 0.610. The van der Waals surface area contributed by atoms with Gasteiger partial charge >= 0.3 is 6.09 Å². The number of unbranched alkanes of at least 4 members (excludes halogenated alkanes) is 2. The first kappa shape index (κ1) is 24.7. The second kappa shape index (κ2) is 9.34. The Bertz CT molecular complexity index is 1150. The molecule has 0 bridgehead atoms. The Morgan fingerprint density at radius 2 is 1.80 bits per heavy atom. The van der Waals surface area contributed by atoms with Crippen molar-refractivity contribution in [3.05, 3.63) is 53.6 Å². The molecule has 0 spiro atoms. The molecule has 1 N–H and O–H groups in total. The number of fused-ring (bicyclic) bond motifs is 4. The van der Waals surface area contributed by atoms with E-state index in [4.69, 9.17) is 9.47 Å². The molecule has 0 aromatic heterocycles. The molecule has 2 amide bonds. The van der Waals surface area contributed by atoms with E-state index in [1.54, 1.807) is 63.2 Å². The SMILES string of the molecule is CCCCCOc1ccc2c(c1)C(=O)[C@]1(O)CCN(C(=O)OC(C)(C)C)c3ccccc3C(=O)N21. The summed E-state index contributed by atoms with van der Waals surface area (Å²) >= 11 is 0. The van der Waals surface area contributed by atoms with Gasteiger partial charge in [-0.2, -0.15) is 0 Å². The fourth-order valence-corrected chi connectivity index (χ4v) is 4.45. The van der Waals surface area contributed by atoms with Gasteiger partial charge in [-0.05, 0) is 57.5 Å². The first-order valence-corrected chi connectivity index (χ1v) is 12.0. The molecular formula is C27H32N2O6. The standard InChI is InChI=1S/C27H32N2O6/c1-5-6-9-16-34-18-12-13-22-20(17-18)23(30)27(33)14-15-28(25(32)35-26(2,3)4)21-11-8-7-10-19(21)24(31)29(22)27/h7-8,10-13,17,33H,5-6,9,14-16H2,1-4H3/t27-/m1/s1. The van der Waals surface area contributed by atoms with Gasteiger partial charge in [-0.1, -0.05) is 31.9 Å². The molecule has 0 aliphatic carbocycles. The summed E-state index contributed by atoms with van der Waals surface area (Å²) in [7, 11) is 0. The number of anilines is 2. The summed E-state index contributed by atoms with van der Waals surface area (Å²) in [5.74, 6) is -0.654. The third kappa shape index (κ3) is 4.62. The third-order valence-electron chi connectivity index (χ3n) is 6.13. The maximum absolute atomic E-state index is 13.8. The van der Waals surface area contributed by atoms with E-state index in [0.29, 0.717) is 23.7 Å². The van der Waals surface area contributed by atoms with Crippen LogP contribution in [0.5, 0.6) is 5.75 Å². The highest BCUT2D eigenvalue weighted by Gasteiger charge is 2.54. The van der Waals surface area contributed by atoms with Crippen LogP contribution in [0.15, 0.2) is 42.5 Å². The molecule has 1 atom stereocenters. The van der Waals surface area contributed by atoms with Gasteiger partial charge in [-0.25, -0.2) is 4.79 Å². The molecule has 0 radical (unpaired) electrons. The van der Waals surface area contributed by atoms with Gasteiger partial charge in [0.25, 0.3) is 5.91 Å². The lowest BCUT2D eigenvalue weighted by Gasteiger charge is -2.38. The number of nitrogens with zero attached hydrogens (tertiary/aromatic N) is 2. The number of carbonyl (C=O) groups excluding carboxylic acids is 3. The Morgan fingerprint density at radius 3 is 2.51 bits per heavy atom. The average molecular weight is 481 g/mol. The largest absolute Gasteiger partial charge is 0.494 e. The molecule has 2 aliphatic heterocycles. The number of ether oxygens (including phenoxy) is 2. The monoisotopic (exact) mass is 480 g/mol. The topological polar surface area (TPSA) is 96.4 Å². The lowest BCUT2D eigenvalue weighted by Crippen LogP contribution is -2.57. The van der Waals surface area contributed by atoms with Crippen LogP contribution >= 0.6 is 0 Å². The lowest BCUT2D eigenvalue weighted by molar-refractivity contribution is 0.0278. The van der Waals surface area contributed by atoms with Crippen molar-refractivity contribution >= 4 is 29.2 Å². The first-order chi connectivity index (χ1) is 16.6. The van der Waals surface area contributed by atoms with Crippen molar-refractivity contribution in [2.75, 3.05) is 23.0 Å². The van der Waals surface area contributed by atoms with Gasteiger partial charge in [0.2, 0.25) is 11.5 Å². The molecule has 186 valence electrons. The van der Waals surface area contributed by atoms with E-state index in [9.17, 15) is 19.5 Å². The number of amides is 2. The van der Waals surface area contributed by atoms with Crippen LogP contribution in [0.1, 0.15) is 74.1 Å². The first-order valence-electron chi connectivity index (χ1n) is 12.0. The zero-order valence-electron chi connectivity index (χ0n) is 20.7. The maximum Gasteiger partial charge on any atom is 0.414 e. The van der Waals surface area contributed by atoms with Gasteiger partial charge in [0.1, 0.15) is 11.4 Å². The molecule has 2 aromatic rings. The van der Waals surface area contributed by atoms with Crippen LogP contribution in [0.3, 0.4) is 0 Å². The van der Waals surface area contributed by atoms with Crippen LogP contribution in [0.2, 0.25) is 0 Å². The van der Waals surface area contributed by atoms with E-state index in [1.165, 1.54) is 4.90 Å². The highest BCUT2D eigenvalue weighted by atomic mass is 16.6. The Labute approximate surface area is 205 Å². The van der Waals surface area contributed by atoms with E-state index in [2.05, 4.69) is 6.92 Å². The Morgan fingerprint density at radius 1 is 1.06 bits per heavy atom. The Balaban J connectivity index is 1.72. The fraction of sp³-hybridized carbons (Fsp3) is 0.444. The minimum absolute atomic E-state index is 0.0215. The minimum atomic E-state index is -2.13. The van der Waals surface area contributed by atoms with Crippen molar-refractivity contribution in [2.45, 2.75) is 64.7 Å². The number of hydrogen-bond acceptors (Lipinski definition) is 6. The molecule has 2 aromatic carbocycles. The molecule has 8 heteroatoms. The van der Waals surface area contributed by atoms with Gasteiger partial charge < -0.3 is 14.6 Å². The normalized spacial score (nSPS) is 19.5. The van der Waals surface area contributed by atoms with Gasteiger partial charge in [0, 0.05) is 13.0 Å². The summed E-state index contributed by atoms with van der Waals surface area (Å²) in [6.45, 7) is 7.86. The predicted octanol–water partition coefficient (Wildman–Crippen LogP) is 4.93. The van der Waals surface area contributed by atoms with Crippen molar-refractivity contribution in [3.63, 3.8) is 0 Å². The number of rotatable bonds is 5. The second-order valence-corrected chi connectivity index (χ2v) is 9.92. The van der Waals surface area contributed by atoms with Crippen molar-refractivity contribution in [3.8, 4) is 5.75 Å². The summed E-state index contributed by atoms with van der Waals surface area (Å²) in [6, 6.07) is 11.6. The van der Waals surface area contributed by atoms with Crippen molar-refractivity contribution < 1.29 is 29.0 Å². The third-order valence-corrected chi connectivity index (χ3v) is 6.13. The number of carbonyl (C=O) groups is 3. The van der Waals surface area contributed by atoms with Crippen LogP contribution in [0.4, 0.5) is 16.2 Å². The summed E-state index contributed by atoms with van der Waals surface area (Å²) in [6.07, 6.45) is 2.18. The van der Waals surface area contributed by atoms with E-state index in [-0.39, 0.29) is 24.1 Å². The Kier molecular flexibility index (Phi) is 6.60. The molecule has 0 unspecified atom stereocenters. The van der Waals surface area contributed by atoms with Crippen LogP contribution < -0.4 is 14.5 Å². The van der Waals surface area contributed by atoms with Crippen molar-refractivity contribution in [2.24, 2.45) is 0 Å². The molecule has 8 nitrogen and oxygen atoms in total. The van der Waals surface area contributed by atoms with Crippen LogP contribution in [-0.2, 0) is 4.74 Å². The van der Waals surface area contributed by atoms with Gasteiger partial charge in [0.15, 0.2) is 0 Å². The average Bonchev–Trinajstić information content (AvgIpc) is 3.01. The fourth-order valence-electron chi connectivity index (χ4n) is 4.45. The maximum atomic E-state index is 13.8. The molecule has 0 saturated carbocycles. The zero-order valence-corrected chi connectivity index (χ0v) is 20.7. The number of benzene rings is 2. The summed E-state index contributed by atoms with van der Waals surface area (Å²) in [5, 5.41) is 11.6. The van der Waals surface area contributed by atoms with Gasteiger partial charge in [-0.15, -0.1) is 0 Å². The smallest absolute Gasteiger partial charge is 0.414 e. The van der Waals surface area contributed by atoms with Crippen LogP contribution in [-0.4, -0.2) is 47.4 Å². The minimum Gasteiger partial charge on any atom is -0.494 e. The Hall–Kier alpha value is -3.39. The number of para-hydroxylation sites is 1. The van der Waals surface area contributed by atoms with E-state index < -0.39 is 29.1 Å². The molecule has 0 fully saturated rings. The number of Topliss-reactive ketones (excluding diaryl/α,β-unsaturated/α-hetero) is 1. The van der Waals surface area contributed by atoms with Crippen molar-refractivity contribution in [1.29, 1.82) is 0 Å². The van der Waals surface area contributed by atoms with Crippen LogP contribution in [0, 0.1) is 0 Å². The highest BCUT2D eigenvalue weighted by Crippen LogP contribution is 2.44. The van der Waals surface area contributed by atoms with Gasteiger partial charge in [0.05, 0.1) is 29.1 Å². The molecular weight excluding hydrogens is 448 g/mol. The van der Waals surface area contributed by atoms with Crippen molar-refractivity contribution in [1.82, 2.24) is 0 Å². The molecule has 2 aliphatic rings. The van der Waals surface area contributed by atoms with E-state index >= 15 is 0 Å². The number of aliphatic hydroxyl groups is 1. The zero-order chi connectivity index (χ0) is 25.4. The molecule has 0 saturated heterocycles. The molecule has 4 rings (SSSR count). The summed E-state index contributed by atoms with van der Waals surface area (Å²) in [4.78, 5) is 42.7. The van der Waals surface area contributed by atoms with Gasteiger partial charge in [-0.3, -0.25) is 19.4 Å². The molecule has 35 heavy (non-hydrogen) atoms.